The molecule has 100 valence electrons. The summed E-state index contributed by atoms with van der Waals surface area (Å²) in [7, 11) is 0. The molecule has 1 aromatic carbocycles. The summed E-state index contributed by atoms with van der Waals surface area (Å²) in [4.78, 5) is 12.7. The first-order chi connectivity index (χ1) is 9.63. The summed E-state index contributed by atoms with van der Waals surface area (Å²) in [6.07, 6.45) is 7.05. The van der Waals surface area contributed by atoms with Crippen LogP contribution in [0.1, 0.15) is 12.1 Å². The highest BCUT2D eigenvalue weighted by Gasteiger charge is 2.12. The van der Waals surface area contributed by atoms with Crippen molar-refractivity contribution in [2.24, 2.45) is 16.5 Å². The van der Waals surface area contributed by atoms with Gasteiger partial charge in [-0.2, -0.15) is 4.99 Å². The van der Waals surface area contributed by atoms with E-state index in [9.17, 15) is 0 Å². The molecule has 3 rings (SSSR count). The zero-order valence-corrected chi connectivity index (χ0v) is 11.3. The Hall–Kier alpha value is -2.40. The molecule has 4 N–H and O–H groups in total. The van der Waals surface area contributed by atoms with Crippen molar-refractivity contribution in [3.8, 4) is 0 Å². The maximum Gasteiger partial charge on any atom is 0.253 e. The lowest BCUT2D eigenvalue weighted by atomic mass is 10.1. The fraction of sp³-hybridized carbons (Fsp3) is 0.0714. The van der Waals surface area contributed by atoms with Crippen molar-refractivity contribution in [3.63, 3.8) is 0 Å². The van der Waals surface area contributed by atoms with Gasteiger partial charge in [0.2, 0.25) is 0 Å². The number of nitrogens with zero attached hydrogens (tertiary/aromatic N) is 3. The van der Waals surface area contributed by atoms with E-state index in [1.807, 2.05) is 18.2 Å². The van der Waals surface area contributed by atoms with Crippen LogP contribution in [0.25, 0.3) is 16.5 Å². The molecule has 5 nitrogen and oxygen atoms in total. The molecule has 0 atom stereocenters. The standard InChI is InChI=1S/C14H12ClN5/c15-9-5-6-11-10(7-9)12(8-3-1-2-4-8)19-14(18-11)20-13(16)17/h1,3-7H,2H2,(H4,16,17,18,19,20). The third-order valence-corrected chi connectivity index (χ3v) is 3.15. The van der Waals surface area contributed by atoms with E-state index >= 15 is 0 Å². The zero-order valence-electron chi connectivity index (χ0n) is 10.5. The van der Waals surface area contributed by atoms with Gasteiger partial charge in [0.25, 0.3) is 5.95 Å². The van der Waals surface area contributed by atoms with E-state index in [2.05, 4.69) is 27.1 Å². The van der Waals surface area contributed by atoms with Crippen molar-refractivity contribution in [2.45, 2.75) is 6.42 Å². The summed E-state index contributed by atoms with van der Waals surface area (Å²) in [5.41, 5.74) is 13.3. The van der Waals surface area contributed by atoms with Gasteiger partial charge in [-0.3, -0.25) is 0 Å². The summed E-state index contributed by atoms with van der Waals surface area (Å²) in [6, 6.07) is 5.45. The smallest absolute Gasteiger partial charge is 0.253 e. The minimum absolute atomic E-state index is 0.0693. The highest BCUT2D eigenvalue weighted by molar-refractivity contribution is 6.31. The number of rotatable bonds is 2. The van der Waals surface area contributed by atoms with Crippen LogP contribution in [-0.4, -0.2) is 15.9 Å². The van der Waals surface area contributed by atoms with Gasteiger partial charge in [-0.1, -0.05) is 29.8 Å². The van der Waals surface area contributed by atoms with E-state index in [1.54, 1.807) is 6.07 Å². The molecule has 0 fully saturated rings. The molecule has 1 heterocycles. The first-order valence-electron chi connectivity index (χ1n) is 6.07. The highest BCUT2D eigenvalue weighted by Crippen LogP contribution is 2.30. The van der Waals surface area contributed by atoms with Crippen LogP contribution < -0.4 is 11.5 Å². The molecule has 1 aliphatic rings. The number of benzene rings is 1. The highest BCUT2D eigenvalue weighted by atomic mass is 35.5. The van der Waals surface area contributed by atoms with Gasteiger partial charge in [-0.25, -0.2) is 9.97 Å². The predicted molar refractivity (Wildman–Crippen MR) is 81.8 cm³/mol. The molecular formula is C14H12ClN5. The molecule has 0 saturated heterocycles. The van der Waals surface area contributed by atoms with E-state index in [0.717, 1.165) is 28.6 Å². The monoisotopic (exact) mass is 285 g/mol. The summed E-state index contributed by atoms with van der Waals surface area (Å²) < 4.78 is 0. The second kappa shape index (κ2) is 4.94. The van der Waals surface area contributed by atoms with Crippen molar-refractivity contribution < 1.29 is 0 Å². The van der Waals surface area contributed by atoms with Crippen molar-refractivity contribution in [2.75, 3.05) is 0 Å². The zero-order chi connectivity index (χ0) is 14.1. The Labute approximate surface area is 120 Å². The molecule has 20 heavy (non-hydrogen) atoms. The number of halogens is 1. The minimum Gasteiger partial charge on any atom is -0.370 e. The summed E-state index contributed by atoms with van der Waals surface area (Å²) in [6.45, 7) is 0. The van der Waals surface area contributed by atoms with E-state index in [0.29, 0.717) is 5.02 Å². The molecule has 2 aromatic rings. The number of fused-ring (bicyclic) bond motifs is 1. The first kappa shape index (κ1) is 12.6. The number of guanidine groups is 1. The Morgan fingerprint density at radius 2 is 2.10 bits per heavy atom. The van der Waals surface area contributed by atoms with E-state index < -0.39 is 0 Å². The van der Waals surface area contributed by atoms with Crippen LogP contribution in [0.4, 0.5) is 5.95 Å². The van der Waals surface area contributed by atoms with Crippen LogP contribution in [-0.2, 0) is 0 Å². The number of nitrogens with two attached hydrogens (primary N) is 2. The van der Waals surface area contributed by atoms with Crippen molar-refractivity contribution in [1.29, 1.82) is 0 Å². The second-order valence-electron chi connectivity index (χ2n) is 4.37. The number of aliphatic imine (C=N–C) groups is 1. The summed E-state index contributed by atoms with van der Waals surface area (Å²) in [5.74, 6) is 0.177. The minimum atomic E-state index is -0.0693. The first-order valence-corrected chi connectivity index (χ1v) is 6.45. The fourth-order valence-corrected chi connectivity index (χ4v) is 2.28. The van der Waals surface area contributed by atoms with Gasteiger partial charge >= 0.3 is 0 Å². The quantitative estimate of drug-likeness (QED) is 0.655. The van der Waals surface area contributed by atoms with Crippen molar-refractivity contribution in [3.05, 3.63) is 47.1 Å². The Morgan fingerprint density at radius 3 is 2.80 bits per heavy atom. The number of hydrogen-bond acceptors (Lipinski definition) is 3. The fourth-order valence-electron chi connectivity index (χ4n) is 2.11. The average molecular weight is 286 g/mol. The Morgan fingerprint density at radius 1 is 1.25 bits per heavy atom. The molecule has 0 saturated carbocycles. The number of hydrogen-bond donors (Lipinski definition) is 2. The molecule has 6 heteroatoms. The van der Waals surface area contributed by atoms with Crippen LogP contribution >= 0.6 is 11.6 Å². The maximum atomic E-state index is 6.06. The van der Waals surface area contributed by atoms with Crippen LogP contribution in [0.2, 0.25) is 5.02 Å². The van der Waals surface area contributed by atoms with Crippen LogP contribution in [0.5, 0.6) is 0 Å². The third-order valence-electron chi connectivity index (χ3n) is 2.92. The largest absolute Gasteiger partial charge is 0.370 e. The van der Waals surface area contributed by atoms with Gasteiger partial charge in [0.1, 0.15) is 0 Å². The van der Waals surface area contributed by atoms with Gasteiger partial charge in [-0.15, -0.1) is 0 Å². The van der Waals surface area contributed by atoms with E-state index in [4.69, 9.17) is 23.1 Å². The lowest BCUT2D eigenvalue weighted by Gasteiger charge is -2.07. The molecule has 1 aliphatic carbocycles. The lowest BCUT2D eigenvalue weighted by molar-refractivity contribution is 1.15. The molecule has 0 unspecified atom stereocenters. The SMILES string of the molecule is NC(N)=Nc1nc(C2=CCC=C2)c2cc(Cl)ccc2n1. The van der Waals surface area contributed by atoms with Gasteiger partial charge in [0.15, 0.2) is 5.96 Å². The molecule has 0 bridgehead atoms. The van der Waals surface area contributed by atoms with Crippen molar-refractivity contribution >= 4 is 40.0 Å². The van der Waals surface area contributed by atoms with Gasteiger partial charge < -0.3 is 11.5 Å². The third kappa shape index (κ3) is 2.35. The molecule has 0 radical (unpaired) electrons. The lowest BCUT2D eigenvalue weighted by Crippen LogP contribution is -2.22. The second-order valence-corrected chi connectivity index (χ2v) is 4.80. The average Bonchev–Trinajstić information content (AvgIpc) is 2.91. The van der Waals surface area contributed by atoms with Crippen LogP contribution in [0, 0.1) is 0 Å². The molecule has 0 aliphatic heterocycles. The number of allylic oxidation sites excluding steroid dienone is 4. The predicted octanol–water partition coefficient (Wildman–Crippen LogP) is 2.53. The maximum absolute atomic E-state index is 6.06. The Bertz CT molecular complexity index is 772. The Balaban J connectivity index is 2.30. The van der Waals surface area contributed by atoms with Crippen LogP contribution in [0.3, 0.4) is 0 Å². The summed E-state index contributed by atoms with van der Waals surface area (Å²) in [5, 5.41) is 1.52. The topological polar surface area (TPSA) is 90.2 Å². The van der Waals surface area contributed by atoms with E-state index in [1.165, 1.54) is 0 Å². The molecule has 0 spiro atoms. The van der Waals surface area contributed by atoms with Gasteiger partial charge in [0, 0.05) is 10.4 Å². The van der Waals surface area contributed by atoms with E-state index in [-0.39, 0.29) is 11.9 Å². The Kier molecular flexibility index (Phi) is 3.12. The molecule has 0 amide bonds. The number of aromatic nitrogens is 2. The molecule has 1 aromatic heterocycles. The normalized spacial score (nSPS) is 13.6. The van der Waals surface area contributed by atoms with Crippen molar-refractivity contribution in [1.82, 2.24) is 9.97 Å². The van der Waals surface area contributed by atoms with Gasteiger partial charge in [0.05, 0.1) is 11.2 Å². The van der Waals surface area contributed by atoms with Crippen LogP contribution in [0.15, 0.2) is 41.4 Å². The van der Waals surface area contributed by atoms with Gasteiger partial charge in [-0.05, 0) is 30.2 Å². The summed E-state index contributed by atoms with van der Waals surface area (Å²) >= 11 is 6.06. The molecular weight excluding hydrogens is 274 g/mol.